The third-order valence-electron chi connectivity index (χ3n) is 3.39. The normalized spacial score (nSPS) is 10.3. The molecule has 1 aromatic heterocycles. The Morgan fingerprint density at radius 2 is 1.70 bits per heavy atom. The molecule has 0 unspecified atom stereocenters. The van der Waals surface area contributed by atoms with Gasteiger partial charge in [-0.25, -0.2) is 0 Å². The molecule has 120 valence electrons. The first-order chi connectivity index (χ1) is 10.5. The van der Waals surface area contributed by atoms with E-state index in [-0.39, 0.29) is 22.0 Å². The fourth-order valence-corrected chi connectivity index (χ4v) is 2.21. The van der Waals surface area contributed by atoms with Crippen molar-refractivity contribution < 1.29 is 29.9 Å². The lowest BCUT2D eigenvalue weighted by atomic mass is 10.0. The van der Waals surface area contributed by atoms with Gasteiger partial charge in [0.05, 0.1) is 12.7 Å². The van der Waals surface area contributed by atoms with E-state index in [2.05, 4.69) is 0 Å². The SMILES string of the molecule is COc1ccc(-c2coc3cc(O)c(O)c(O)c3c2=O)cc1.O. The molecule has 0 fully saturated rings. The minimum atomic E-state index is -0.758. The minimum Gasteiger partial charge on any atom is -0.504 e. The van der Waals surface area contributed by atoms with Gasteiger partial charge in [-0.05, 0) is 17.7 Å². The van der Waals surface area contributed by atoms with E-state index in [1.807, 2.05) is 0 Å². The third-order valence-corrected chi connectivity index (χ3v) is 3.39. The van der Waals surface area contributed by atoms with Crippen molar-refractivity contribution in [2.24, 2.45) is 0 Å². The number of hydrogen-bond acceptors (Lipinski definition) is 6. The zero-order chi connectivity index (χ0) is 15.9. The largest absolute Gasteiger partial charge is 0.504 e. The lowest BCUT2D eigenvalue weighted by molar-refractivity contribution is 0.370. The van der Waals surface area contributed by atoms with Crippen LogP contribution in [0.3, 0.4) is 0 Å². The molecular formula is C16H14O7. The summed E-state index contributed by atoms with van der Waals surface area (Å²) in [5, 5.41) is 28.7. The smallest absolute Gasteiger partial charge is 0.204 e. The van der Waals surface area contributed by atoms with Gasteiger partial charge in [0.1, 0.15) is 23.0 Å². The Labute approximate surface area is 129 Å². The number of hydrogen-bond donors (Lipinski definition) is 3. The number of methoxy groups -OCH3 is 1. The average Bonchev–Trinajstić information content (AvgIpc) is 2.53. The van der Waals surface area contributed by atoms with Crippen LogP contribution in [0.25, 0.3) is 22.1 Å². The molecule has 0 aliphatic heterocycles. The molecule has 0 aliphatic carbocycles. The first-order valence-electron chi connectivity index (χ1n) is 6.36. The second-order valence-corrected chi connectivity index (χ2v) is 4.67. The van der Waals surface area contributed by atoms with Crippen LogP contribution in [-0.2, 0) is 0 Å². The molecule has 0 atom stereocenters. The van der Waals surface area contributed by atoms with Gasteiger partial charge in [0, 0.05) is 6.07 Å². The topological polar surface area (TPSA) is 132 Å². The molecule has 0 radical (unpaired) electrons. The Bertz CT molecular complexity index is 910. The van der Waals surface area contributed by atoms with Crippen molar-refractivity contribution in [3.8, 4) is 34.1 Å². The van der Waals surface area contributed by atoms with Gasteiger partial charge in [0.15, 0.2) is 11.5 Å². The number of ether oxygens (including phenoxy) is 1. The quantitative estimate of drug-likeness (QED) is 0.617. The molecule has 2 aromatic carbocycles. The van der Waals surface area contributed by atoms with E-state index >= 15 is 0 Å². The van der Waals surface area contributed by atoms with Crippen LogP contribution < -0.4 is 10.2 Å². The molecular weight excluding hydrogens is 304 g/mol. The monoisotopic (exact) mass is 318 g/mol. The van der Waals surface area contributed by atoms with Crippen LogP contribution in [-0.4, -0.2) is 27.9 Å². The van der Waals surface area contributed by atoms with Gasteiger partial charge in [0.2, 0.25) is 11.2 Å². The van der Waals surface area contributed by atoms with Gasteiger partial charge >= 0.3 is 0 Å². The van der Waals surface area contributed by atoms with Gasteiger partial charge in [-0.1, -0.05) is 12.1 Å². The van der Waals surface area contributed by atoms with Crippen molar-refractivity contribution in [1.29, 1.82) is 0 Å². The number of fused-ring (bicyclic) bond motifs is 1. The fraction of sp³-hybridized carbons (Fsp3) is 0.0625. The highest BCUT2D eigenvalue weighted by atomic mass is 16.5. The van der Waals surface area contributed by atoms with Gasteiger partial charge in [-0.15, -0.1) is 0 Å². The zero-order valence-corrected chi connectivity index (χ0v) is 12.0. The Kier molecular flexibility index (Phi) is 4.15. The molecule has 1 heterocycles. The van der Waals surface area contributed by atoms with Gasteiger partial charge in [-0.2, -0.15) is 0 Å². The molecule has 3 aromatic rings. The van der Waals surface area contributed by atoms with Crippen LogP contribution in [0.15, 0.2) is 45.8 Å². The van der Waals surface area contributed by atoms with Crippen LogP contribution in [0, 0.1) is 0 Å². The number of benzene rings is 2. The maximum absolute atomic E-state index is 12.5. The molecule has 0 aliphatic rings. The van der Waals surface area contributed by atoms with Crippen LogP contribution in [0.5, 0.6) is 23.0 Å². The van der Waals surface area contributed by atoms with Crippen molar-refractivity contribution >= 4 is 11.0 Å². The summed E-state index contributed by atoms with van der Waals surface area (Å²) in [6.45, 7) is 0. The van der Waals surface area contributed by atoms with E-state index in [9.17, 15) is 20.1 Å². The van der Waals surface area contributed by atoms with Crippen molar-refractivity contribution in [3.05, 3.63) is 46.8 Å². The summed E-state index contributed by atoms with van der Waals surface area (Å²) in [7, 11) is 1.53. The standard InChI is InChI=1S/C16H12O6.H2O/c1-21-9-4-2-8(3-5-9)10-7-22-12-6-11(17)15(19)16(20)13(12)14(10)18;/h2-7,17,19-20H,1H3;1H2. The first-order valence-corrected chi connectivity index (χ1v) is 6.36. The van der Waals surface area contributed by atoms with Gasteiger partial charge in [0.25, 0.3) is 0 Å². The molecule has 0 amide bonds. The first kappa shape index (κ1) is 16.2. The van der Waals surface area contributed by atoms with E-state index < -0.39 is 22.7 Å². The third kappa shape index (κ3) is 2.53. The average molecular weight is 318 g/mol. The predicted molar refractivity (Wildman–Crippen MR) is 83.1 cm³/mol. The van der Waals surface area contributed by atoms with Gasteiger partial charge < -0.3 is 29.9 Å². The number of phenolic OH excluding ortho intramolecular Hbond substituents is 3. The highest BCUT2D eigenvalue weighted by Gasteiger charge is 2.18. The van der Waals surface area contributed by atoms with Crippen molar-refractivity contribution in [3.63, 3.8) is 0 Å². The maximum Gasteiger partial charge on any atom is 0.204 e. The lowest BCUT2D eigenvalue weighted by Gasteiger charge is -2.07. The predicted octanol–water partition coefficient (Wildman–Crippen LogP) is 1.76. The molecule has 3 rings (SSSR count). The van der Waals surface area contributed by atoms with E-state index in [1.54, 1.807) is 24.3 Å². The molecule has 7 heteroatoms. The molecule has 0 saturated heterocycles. The van der Waals surface area contributed by atoms with Crippen molar-refractivity contribution in [2.45, 2.75) is 0 Å². The molecule has 0 saturated carbocycles. The summed E-state index contributed by atoms with van der Waals surface area (Å²) in [5.74, 6) is -1.39. The lowest BCUT2D eigenvalue weighted by Crippen LogP contribution is -2.05. The van der Waals surface area contributed by atoms with E-state index in [4.69, 9.17) is 9.15 Å². The number of rotatable bonds is 2. The summed E-state index contributed by atoms with van der Waals surface area (Å²) in [4.78, 5) is 12.5. The summed E-state index contributed by atoms with van der Waals surface area (Å²) >= 11 is 0. The molecule has 0 bridgehead atoms. The minimum absolute atomic E-state index is 0. The second kappa shape index (κ2) is 5.90. The van der Waals surface area contributed by atoms with Crippen LogP contribution >= 0.6 is 0 Å². The number of phenols is 3. The molecule has 5 N–H and O–H groups in total. The highest BCUT2D eigenvalue weighted by Crippen LogP contribution is 2.40. The molecule has 0 spiro atoms. The Balaban J connectivity index is 0.00000192. The van der Waals surface area contributed by atoms with Crippen LogP contribution in [0.1, 0.15) is 0 Å². The molecule has 23 heavy (non-hydrogen) atoms. The highest BCUT2D eigenvalue weighted by molar-refractivity contribution is 5.90. The Morgan fingerprint density at radius 1 is 1.04 bits per heavy atom. The summed E-state index contributed by atoms with van der Waals surface area (Å²) < 4.78 is 10.3. The Morgan fingerprint density at radius 3 is 2.30 bits per heavy atom. The summed E-state index contributed by atoms with van der Waals surface area (Å²) in [6.07, 6.45) is 1.24. The van der Waals surface area contributed by atoms with Crippen LogP contribution in [0.2, 0.25) is 0 Å². The Hall–Kier alpha value is -3.19. The van der Waals surface area contributed by atoms with E-state index in [0.717, 1.165) is 6.07 Å². The van der Waals surface area contributed by atoms with Crippen molar-refractivity contribution in [1.82, 2.24) is 0 Å². The number of aromatic hydroxyl groups is 3. The zero-order valence-electron chi connectivity index (χ0n) is 12.0. The summed E-state index contributed by atoms with van der Waals surface area (Å²) in [6, 6.07) is 7.80. The molecule has 7 nitrogen and oxygen atoms in total. The van der Waals surface area contributed by atoms with E-state index in [1.165, 1.54) is 13.4 Å². The van der Waals surface area contributed by atoms with Crippen LogP contribution in [0.4, 0.5) is 0 Å². The van der Waals surface area contributed by atoms with Gasteiger partial charge in [-0.3, -0.25) is 4.79 Å². The van der Waals surface area contributed by atoms with E-state index in [0.29, 0.717) is 11.3 Å². The maximum atomic E-state index is 12.5. The van der Waals surface area contributed by atoms with Crippen molar-refractivity contribution in [2.75, 3.05) is 7.11 Å². The summed E-state index contributed by atoms with van der Waals surface area (Å²) in [5.41, 5.74) is 0.258. The fourth-order valence-electron chi connectivity index (χ4n) is 2.21. The second-order valence-electron chi connectivity index (χ2n) is 4.67.